The van der Waals surface area contributed by atoms with Gasteiger partial charge in [0.15, 0.2) is 5.17 Å². The lowest BCUT2D eigenvalue weighted by molar-refractivity contribution is -0.122. The number of hydrogen-bond acceptors (Lipinski definition) is 4. The lowest BCUT2D eigenvalue weighted by Crippen LogP contribution is -2.29. The molecule has 2 aromatic carbocycles. The van der Waals surface area contributed by atoms with Crippen LogP contribution < -0.4 is 4.74 Å². The third-order valence-corrected chi connectivity index (χ3v) is 5.04. The van der Waals surface area contributed by atoms with Crippen LogP contribution in [0, 0.1) is 0 Å². The molecule has 0 atom stereocenters. The molecule has 134 valence electrons. The number of hydrogen-bond donors (Lipinski definition) is 0. The number of methoxy groups -OCH3 is 1. The van der Waals surface area contributed by atoms with Crippen molar-refractivity contribution in [2.45, 2.75) is 13.3 Å². The van der Waals surface area contributed by atoms with Crippen molar-refractivity contribution in [2.75, 3.05) is 13.7 Å². The highest BCUT2D eigenvalue weighted by atomic mass is 35.5. The first-order valence-electron chi connectivity index (χ1n) is 8.31. The van der Waals surface area contributed by atoms with Gasteiger partial charge in [0.05, 0.1) is 17.7 Å². The van der Waals surface area contributed by atoms with E-state index in [0.717, 1.165) is 17.7 Å². The van der Waals surface area contributed by atoms with Crippen LogP contribution in [-0.4, -0.2) is 29.6 Å². The zero-order chi connectivity index (χ0) is 18.5. The Morgan fingerprint density at radius 2 is 2.00 bits per heavy atom. The first-order chi connectivity index (χ1) is 12.6. The Bertz CT molecular complexity index is 865. The van der Waals surface area contributed by atoms with Crippen molar-refractivity contribution in [3.63, 3.8) is 0 Å². The van der Waals surface area contributed by atoms with Crippen LogP contribution in [0.3, 0.4) is 0 Å². The summed E-state index contributed by atoms with van der Waals surface area (Å²) in [7, 11) is 1.60. The third-order valence-electron chi connectivity index (χ3n) is 3.79. The van der Waals surface area contributed by atoms with Crippen molar-refractivity contribution in [1.29, 1.82) is 0 Å². The number of amidine groups is 1. The van der Waals surface area contributed by atoms with Crippen molar-refractivity contribution in [1.82, 2.24) is 4.90 Å². The lowest BCUT2D eigenvalue weighted by Gasteiger charge is -2.13. The van der Waals surface area contributed by atoms with Crippen molar-refractivity contribution in [2.24, 2.45) is 4.99 Å². The zero-order valence-electron chi connectivity index (χ0n) is 14.6. The van der Waals surface area contributed by atoms with Gasteiger partial charge in [-0.3, -0.25) is 9.69 Å². The predicted octanol–water partition coefficient (Wildman–Crippen LogP) is 5.36. The molecule has 0 spiro atoms. The molecule has 1 amide bonds. The number of thioether (sulfide) groups is 1. The quantitative estimate of drug-likeness (QED) is 0.649. The largest absolute Gasteiger partial charge is 0.496 e. The molecular formula is C20H19ClN2O2S. The maximum atomic E-state index is 12.9. The summed E-state index contributed by atoms with van der Waals surface area (Å²) >= 11 is 7.47. The average Bonchev–Trinajstić information content (AvgIpc) is 2.92. The predicted molar refractivity (Wildman–Crippen MR) is 109 cm³/mol. The van der Waals surface area contributed by atoms with Crippen LogP contribution in [0.5, 0.6) is 5.75 Å². The first kappa shape index (κ1) is 18.5. The molecule has 26 heavy (non-hydrogen) atoms. The minimum atomic E-state index is -0.0476. The highest BCUT2D eigenvalue weighted by Crippen LogP contribution is 2.36. The van der Waals surface area contributed by atoms with E-state index in [1.54, 1.807) is 30.2 Å². The van der Waals surface area contributed by atoms with Crippen LogP contribution in [0.4, 0.5) is 5.69 Å². The van der Waals surface area contributed by atoms with E-state index in [2.05, 4.69) is 4.99 Å². The smallest absolute Gasteiger partial charge is 0.266 e. The molecule has 0 bridgehead atoms. The number of rotatable bonds is 5. The Morgan fingerprint density at radius 1 is 1.23 bits per heavy atom. The molecule has 0 saturated carbocycles. The Kier molecular flexibility index (Phi) is 6.01. The van der Waals surface area contributed by atoms with Gasteiger partial charge < -0.3 is 4.74 Å². The van der Waals surface area contributed by atoms with E-state index in [-0.39, 0.29) is 5.91 Å². The normalized spacial score (nSPS) is 17.3. The molecule has 6 heteroatoms. The molecule has 1 aliphatic rings. The first-order valence-corrected chi connectivity index (χ1v) is 9.50. The molecule has 0 radical (unpaired) electrons. The lowest BCUT2D eigenvalue weighted by atomic mass is 10.2. The summed E-state index contributed by atoms with van der Waals surface area (Å²) < 4.78 is 5.38. The minimum Gasteiger partial charge on any atom is -0.496 e. The van der Waals surface area contributed by atoms with Crippen LogP contribution in [0.2, 0.25) is 5.02 Å². The van der Waals surface area contributed by atoms with Gasteiger partial charge in [-0.2, -0.15) is 0 Å². The fourth-order valence-electron chi connectivity index (χ4n) is 2.58. The van der Waals surface area contributed by atoms with Crippen molar-refractivity contribution < 1.29 is 9.53 Å². The second kappa shape index (κ2) is 8.43. The Hall–Kier alpha value is -2.24. The SMILES string of the molecule is CCCN1C(=O)C(=Cc2cc(Cl)ccc2OC)SC1=Nc1ccccc1. The van der Waals surface area contributed by atoms with Gasteiger partial charge in [-0.25, -0.2) is 4.99 Å². The number of ether oxygens (including phenoxy) is 1. The average molecular weight is 387 g/mol. The topological polar surface area (TPSA) is 41.9 Å². The van der Waals surface area contributed by atoms with Gasteiger partial charge in [0.2, 0.25) is 0 Å². The highest BCUT2D eigenvalue weighted by molar-refractivity contribution is 8.18. The second-order valence-corrected chi connectivity index (χ2v) is 7.13. The molecule has 2 aromatic rings. The molecule has 4 nitrogen and oxygen atoms in total. The Labute approximate surface area is 162 Å². The maximum Gasteiger partial charge on any atom is 0.266 e. The fourth-order valence-corrected chi connectivity index (χ4v) is 3.78. The number of carbonyl (C=O) groups excluding carboxylic acids is 1. The van der Waals surface area contributed by atoms with Gasteiger partial charge in [-0.15, -0.1) is 0 Å². The second-order valence-electron chi connectivity index (χ2n) is 5.68. The van der Waals surface area contributed by atoms with Gasteiger partial charge in [-0.05, 0) is 54.6 Å². The van der Waals surface area contributed by atoms with Crippen LogP contribution in [-0.2, 0) is 4.79 Å². The zero-order valence-corrected chi connectivity index (χ0v) is 16.2. The van der Waals surface area contributed by atoms with Crippen molar-refractivity contribution in [3.05, 3.63) is 64.0 Å². The molecule has 1 fully saturated rings. The van der Waals surface area contributed by atoms with E-state index in [0.29, 0.717) is 27.4 Å². The van der Waals surface area contributed by atoms with E-state index >= 15 is 0 Å². The molecule has 0 unspecified atom stereocenters. The van der Waals surface area contributed by atoms with Crippen LogP contribution in [0.25, 0.3) is 6.08 Å². The van der Waals surface area contributed by atoms with E-state index < -0.39 is 0 Å². The van der Waals surface area contributed by atoms with Gasteiger partial charge in [0.1, 0.15) is 5.75 Å². The van der Waals surface area contributed by atoms with Crippen molar-refractivity contribution in [3.8, 4) is 5.75 Å². The molecule has 1 heterocycles. The van der Waals surface area contributed by atoms with Gasteiger partial charge in [0, 0.05) is 17.1 Å². The minimum absolute atomic E-state index is 0.0476. The molecule has 3 rings (SSSR count). The standard InChI is InChI=1S/C20H19ClN2O2S/c1-3-11-23-19(24)18(13-14-12-15(21)9-10-17(14)25-2)26-20(23)22-16-7-5-4-6-8-16/h4-10,12-13H,3,11H2,1-2H3. The van der Waals surface area contributed by atoms with Crippen LogP contribution >= 0.6 is 23.4 Å². The summed E-state index contributed by atoms with van der Waals surface area (Å²) in [4.78, 5) is 19.8. The molecular weight excluding hydrogens is 368 g/mol. The van der Waals surface area contributed by atoms with E-state index in [1.807, 2.05) is 43.3 Å². The molecule has 0 aromatic heterocycles. The maximum absolute atomic E-state index is 12.9. The summed E-state index contributed by atoms with van der Waals surface area (Å²) in [5.41, 5.74) is 1.60. The summed E-state index contributed by atoms with van der Waals surface area (Å²) in [6, 6.07) is 15.0. The van der Waals surface area contributed by atoms with E-state index in [4.69, 9.17) is 16.3 Å². The molecule has 0 aliphatic carbocycles. The molecule has 1 aliphatic heterocycles. The van der Waals surface area contributed by atoms with Crippen molar-refractivity contribution >= 4 is 46.2 Å². The van der Waals surface area contributed by atoms with E-state index in [9.17, 15) is 4.79 Å². The number of nitrogens with zero attached hydrogens (tertiary/aromatic N) is 2. The van der Waals surface area contributed by atoms with Gasteiger partial charge >= 0.3 is 0 Å². The summed E-state index contributed by atoms with van der Waals surface area (Å²) in [5.74, 6) is 0.624. The van der Waals surface area contributed by atoms with Crippen LogP contribution in [0.1, 0.15) is 18.9 Å². The molecule has 0 N–H and O–H groups in total. The summed E-state index contributed by atoms with van der Waals surface area (Å²) in [6.45, 7) is 2.67. The number of amides is 1. The summed E-state index contributed by atoms with van der Waals surface area (Å²) in [6.07, 6.45) is 2.67. The third kappa shape index (κ3) is 4.11. The Morgan fingerprint density at radius 3 is 2.69 bits per heavy atom. The number of carbonyl (C=O) groups is 1. The number of aliphatic imine (C=N–C) groups is 1. The fraction of sp³-hybridized carbons (Fsp3) is 0.200. The highest BCUT2D eigenvalue weighted by Gasteiger charge is 2.33. The van der Waals surface area contributed by atoms with Gasteiger partial charge in [-0.1, -0.05) is 36.7 Å². The van der Waals surface area contributed by atoms with Crippen LogP contribution in [0.15, 0.2) is 58.4 Å². The summed E-state index contributed by atoms with van der Waals surface area (Å²) in [5, 5.41) is 1.28. The monoisotopic (exact) mass is 386 g/mol. The molecule has 1 saturated heterocycles. The van der Waals surface area contributed by atoms with E-state index in [1.165, 1.54) is 11.8 Å². The number of halogens is 1. The number of benzene rings is 2. The van der Waals surface area contributed by atoms with Gasteiger partial charge in [0.25, 0.3) is 5.91 Å². The Balaban J connectivity index is 1.98. The number of para-hydroxylation sites is 1.